The minimum Gasteiger partial charge on any atom is -2.00 e. The zero-order valence-corrected chi connectivity index (χ0v) is 6.50. The van der Waals surface area contributed by atoms with Crippen molar-refractivity contribution < 1.29 is 37.3 Å². The van der Waals surface area contributed by atoms with Crippen molar-refractivity contribution in [2.75, 3.05) is 0 Å². The monoisotopic (exact) mass is 175 g/mol. The Morgan fingerprint density at radius 1 is 1.10 bits per heavy atom. The van der Waals surface area contributed by atoms with Gasteiger partial charge in [-0.2, -0.15) is 0 Å². The molecular weight excluding hydrogens is 163 g/mol. The minimum absolute atomic E-state index is 0. The fourth-order valence-electron chi connectivity index (χ4n) is 0. The third kappa shape index (κ3) is 9250. The van der Waals surface area contributed by atoms with E-state index in [0.717, 1.165) is 6.92 Å². The van der Waals surface area contributed by atoms with Crippen LogP contribution in [0.1, 0.15) is 6.92 Å². The van der Waals surface area contributed by atoms with Gasteiger partial charge in [0.2, 0.25) is 0 Å². The van der Waals surface area contributed by atoms with Crippen LogP contribution in [0.5, 0.6) is 0 Å². The Kier molecular flexibility index (Phi) is 660. The first-order valence-corrected chi connectivity index (χ1v) is 0.928. The molecule has 9 N–H and O–H groups in total. The second-order valence-electron chi connectivity index (χ2n) is 0.519. The van der Waals surface area contributed by atoms with E-state index >= 15 is 0 Å². The van der Waals surface area contributed by atoms with Crippen LogP contribution in [0.15, 0.2) is 0 Å². The van der Waals surface area contributed by atoms with Crippen LogP contribution in [-0.4, -0.2) is 50.3 Å². The zero-order valence-electron chi connectivity index (χ0n) is 5.34. The third-order valence-electron chi connectivity index (χ3n) is 0. The van der Waals surface area contributed by atoms with Gasteiger partial charge in [0.25, 0.3) is 5.97 Å². The largest absolute Gasteiger partial charge is 3.00 e. The molecule has 0 atom stereocenters. The van der Waals surface area contributed by atoms with Crippen LogP contribution in [-0.2, 0) is 10.3 Å². The number of aliphatic carboxylic acids is 1. The second kappa shape index (κ2) is 68.2. The number of carboxylic acid groups (broad SMARTS) is 1. The second-order valence-corrected chi connectivity index (χ2v) is 0.519. The van der Waals surface area contributed by atoms with Gasteiger partial charge in [-0.25, -0.2) is 0 Å². The number of carbonyl (C=O) groups is 1. The number of rotatable bonds is 0. The van der Waals surface area contributed by atoms with E-state index in [2.05, 4.69) is 0 Å². The number of hydrogen-bond acceptors (Lipinski definition) is 1. The van der Waals surface area contributed by atoms with Crippen molar-refractivity contribution in [2.45, 2.75) is 6.92 Å². The molecule has 7 nitrogen and oxygen atoms in total. The summed E-state index contributed by atoms with van der Waals surface area (Å²) in [4.78, 5) is 9.00. The van der Waals surface area contributed by atoms with E-state index in [-0.39, 0.29) is 44.7 Å². The molecule has 0 amide bonds. The molecule has 0 aromatic rings. The molecule has 64 valence electrons. The van der Waals surface area contributed by atoms with Gasteiger partial charge in [0.05, 0.1) is 0 Å². The standard InChI is InChI=1S/C2H4O2.Al.4H2O.O/c1-2(3)4;;;;;;/h1H3,(H,3,4);;4*1H2;/q;+3;;;;;-2. The summed E-state index contributed by atoms with van der Waals surface area (Å²) in [6.07, 6.45) is 0. The van der Waals surface area contributed by atoms with Crippen molar-refractivity contribution in [3.05, 3.63) is 0 Å². The van der Waals surface area contributed by atoms with Crippen molar-refractivity contribution >= 4 is 23.3 Å². The Hall–Kier alpha value is -0.198. The van der Waals surface area contributed by atoms with E-state index in [0.29, 0.717) is 0 Å². The molecule has 0 heterocycles. The molecule has 0 aliphatic heterocycles. The molecule has 0 saturated carbocycles. The Morgan fingerprint density at radius 3 is 1.10 bits per heavy atom. The van der Waals surface area contributed by atoms with Gasteiger partial charge in [0, 0.05) is 6.92 Å². The van der Waals surface area contributed by atoms with Crippen molar-refractivity contribution in [1.82, 2.24) is 0 Å². The molecule has 0 aliphatic carbocycles. The van der Waals surface area contributed by atoms with Crippen LogP contribution in [0.2, 0.25) is 0 Å². The maximum Gasteiger partial charge on any atom is 3.00 e. The number of hydrogen-bond donors (Lipinski definition) is 1. The topological polar surface area (TPSA) is 192 Å². The minimum atomic E-state index is -0.833. The summed E-state index contributed by atoms with van der Waals surface area (Å²) in [6.45, 7) is 1.08. The molecular formula is C2H12AlO7+. The summed E-state index contributed by atoms with van der Waals surface area (Å²) in [5.41, 5.74) is 0. The van der Waals surface area contributed by atoms with E-state index in [1.165, 1.54) is 0 Å². The molecule has 0 saturated heterocycles. The van der Waals surface area contributed by atoms with Gasteiger partial charge in [-0.15, -0.1) is 0 Å². The van der Waals surface area contributed by atoms with Crippen molar-refractivity contribution in [2.24, 2.45) is 0 Å². The zero-order chi connectivity index (χ0) is 3.58. The van der Waals surface area contributed by atoms with Gasteiger partial charge in [-0.05, 0) is 0 Å². The fraction of sp³-hybridized carbons (Fsp3) is 0.500. The predicted octanol–water partition coefficient (Wildman–Crippen LogP) is -3.71. The molecule has 8 heteroatoms. The molecule has 0 aromatic carbocycles. The van der Waals surface area contributed by atoms with Crippen LogP contribution in [0, 0.1) is 0 Å². The summed E-state index contributed by atoms with van der Waals surface area (Å²) in [5.74, 6) is -0.833. The van der Waals surface area contributed by atoms with Gasteiger partial charge in [-0.1, -0.05) is 0 Å². The fourth-order valence-corrected chi connectivity index (χ4v) is 0. The van der Waals surface area contributed by atoms with Gasteiger partial charge < -0.3 is 32.5 Å². The summed E-state index contributed by atoms with van der Waals surface area (Å²) in [6, 6.07) is 0. The Bertz CT molecular complexity index is 34.6. The first-order valence-electron chi connectivity index (χ1n) is 0.928. The van der Waals surface area contributed by atoms with Crippen LogP contribution in [0.25, 0.3) is 0 Å². The van der Waals surface area contributed by atoms with E-state index in [9.17, 15) is 0 Å². The van der Waals surface area contributed by atoms with Crippen LogP contribution in [0.3, 0.4) is 0 Å². The first kappa shape index (κ1) is 96.7. The number of carboxylic acids is 1. The van der Waals surface area contributed by atoms with Gasteiger partial charge in [0.1, 0.15) is 0 Å². The van der Waals surface area contributed by atoms with Gasteiger partial charge in [-0.3, -0.25) is 4.79 Å². The average Bonchev–Trinajstić information content (AvgIpc) is 0.811. The summed E-state index contributed by atoms with van der Waals surface area (Å²) in [7, 11) is 0. The quantitative estimate of drug-likeness (QED) is 0.370. The smallest absolute Gasteiger partial charge is 2.00 e. The molecule has 0 aromatic heterocycles. The molecule has 0 fully saturated rings. The summed E-state index contributed by atoms with van der Waals surface area (Å²) < 4.78 is 0. The SMILES string of the molecule is CC(=O)O.O.O.O.O.[Al+3].[O-2]. The molecule has 0 aliphatic rings. The Labute approximate surface area is 68.3 Å². The van der Waals surface area contributed by atoms with E-state index in [1.807, 2.05) is 0 Å². The maximum atomic E-state index is 9.00. The van der Waals surface area contributed by atoms with Crippen molar-refractivity contribution in [3.8, 4) is 0 Å². The van der Waals surface area contributed by atoms with Crippen molar-refractivity contribution in [3.63, 3.8) is 0 Å². The molecule has 0 spiro atoms. The molecule has 0 radical (unpaired) electrons. The molecule has 10 heavy (non-hydrogen) atoms. The van der Waals surface area contributed by atoms with E-state index < -0.39 is 5.97 Å². The summed E-state index contributed by atoms with van der Waals surface area (Å²) in [5, 5.41) is 7.42. The van der Waals surface area contributed by atoms with Crippen molar-refractivity contribution in [1.29, 1.82) is 0 Å². The predicted molar refractivity (Wildman–Crippen MR) is 34.2 cm³/mol. The van der Waals surface area contributed by atoms with Gasteiger partial charge >= 0.3 is 17.4 Å². The maximum absolute atomic E-state index is 9.00. The summed E-state index contributed by atoms with van der Waals surface area (Å²) >= 11 is 0. The van der Waals surface area contributed by atoms with Crippen LogP contribution in [0.4, 0.5) is 0 Å². The van der Waals surface area contributed by atoms with Gasteiger partial charge in [0.15, 0.2) is 0 Å². The normalized spacial score (nSPS) is 2.50. The molecule has 0 rings (SSSR count). The Balaban J connectivity index is -0.00000000300. The molecule has 0 unspecified atom stereocenters. The first-order chi connectivity index (χ1) is 1.73. The molecule has 0 bridgehead atoms. The van der Waals surface area contributed by atoms with Crippen LogP contribution < -0.4 is 0 Å². The van der Waals surface area contributed by atoms with Crippen LogP contribution >= 0.6 is 0 Å². The average molecular weight is 175 g/mol. The van der Waals surface area contributed by atoms with E-state index in [1.54, 1.807) is 0 Å². The van der Waals surface area contributed by atoms with E-state index in [4.69, 9.17) is 9.90 Å². The Morgan fingerprint density at radius 2 is 1.10 bits per heavy atom. The third-order valence-corrected chi connectivity index (χ3v) is 0.